The molecule has 0 radical (unpaired) electrons. The van der Waals surface area contributed by atoms with Crippen LogP contribution in [0.25, 0.3) is 11.3 Å². The first-order valence-electron chi connectivity index (χ1n) is 8.04. The quantitative estimate of drug-likeness (QED) is 0.665. The van der Waals surface area contributed by atoms with E-state index in [-0.39, 0.29) is 11.1 Å². The van der Waals surface area contributed by atoms with Crippen molar-refractivity contribution < 1.29 is 23.1 Å². The van der Waals surface area contributed by atoms with Gasteiger partial charge >= 0.3 is 12.1 Å². The minimum Gasteiger partial charge on any atom is -0.478 e. The summed E-state index contributed by atoms with van der Waals surface area (Å²) in [5.41, 5.74) is 0.521. The van der Waals surface area contributed by atoms with E-state index in [0.29, 0.717) is 22.7 Å². The number of rotatable bonds is 4. The summed E-state index contributed by atoms with van der Waals surface area (Å²) in [5, 5.41) is 10.6. The molecule has 0 atom stereocenters. The number of benzene rings is 2. The lowest BCUT2D eigenvalue weighted by molar-refractivity contribution is -0.137. The number of hydrogen-bond donors (Lipinski definition) is 1. The molecule has 4 nitrogen and oxygen atoms in total. The van der Waals surface area contributed by atoms with Crippen molar-refractivity contribution in [2.24, 2.45) is 4.99 Å². The monoisotopic (exact) mass is 392 g/mol. The lowest BCUT2D eigenvalue weighted by Gasteiger charge is -2.14. The van der Waals surface area contributed by atoms with Crippen LogP contribution in [-0.2, 0) is 12.7 Å². The average molecular weight is 392 g/mol. The molecule has 0 aliphatic heterocycles. The van der Waals surface area contributed by atoms with Gasteiger partial charge in [-0.05, 0) is 37.3 Å². The van der Waals surface area contributed by atoms with E-state index in [1.54, 1.807) is 28.1 Å². The average Bonchev–Trinajstić information content (AvgIpc) is 3.04. The maximum absolute atomic E-state index is 13.3. The molecule has 1 aromatic heterocycles. The van der Waals surface area contributed by atoms with Crippen molar-refractivity contribution in [3.63, 3.8) is 0 Å². The molecule has 0 aliphatic rings. The minimum atomic E-state index is -4.45. The van der Waals surface area contributed by atoms with Gasteiger partial charge < -0.3 is 9.67 Å². The Kier molecular flexibility index (Phi) is 5.18. The summed E-state index contributed by atoms with van der Waals surface area (Å²) >= 11 is 1.23. The Balaban J connectivity index is 2.10. The predicted molar refractivity (Wildman–Crippen MR) is 97.0 cm³/mol. The Labute approximate surface area is 156 Å². The molecule has 27 heavy (non-hydrogen) atoms. The zero-order valence-corrected chi connectivity index (χ0v) is 15.0. The summed E-state index contributed by atoms with van der Waals surface area (Å²) in [6, 6.07) is 11.4. The molecule has 0 spiro atoms. The fraction of sp³-hybridized carbons (Fsp3) is 0.158. The Bertz CT molecular complexity index is 1030. The number of alkyl halides is 3. The van der Waals surface area contributed by atoms with Crippen LogP contribution < -0.4 is 4.80 Å². The first-order valence-corrected chi connectivity index (χ1v) is 8.92. The van der Waals surface area contributed by atoms with E-state index in [4.69, 9.17) is 5.11 Å². The standard InChI is InChI=1S/C19H15F3N2O2S/c1-2-24-16(14-5-3-4-6-15(14)19(20,21)22)11-27-18(24)23-13-9-7-12(8-10-13)17(25)26/h3-11H,2H2,1H3,(H,25,26)/b23-18-. The number of hydrogen-bond acceptors (Lipinski definition) is 3. The number of thiazole rings is 1. The van der Waals surface area contributed by atoms with Gasteiger partial charge in [0.25, 0.3) is 0 Å². The molecular weight excluding hydrogens is 377 g/mol. The van der Waals surface area contributed by atoms with Crippen LogP contribution in [0.1, 0.15) is 22.8 Å². The van der Waals surface area contributed by atoms with Crippen molar-refractivity contribution in [2.45, 2.75) is 19.6 Å². The molecule has 0 fully saturated rings. The van der Waals surface area contributed by atoms with Crippen LogP contribution in [0.15, 0.2) is 58.9 Å². The molecule has 3 rings (SSSR count). The van der Waals surface area contributed by atoms with Gasteiger partial charge in [-0.25, -0.2) is 9.79 Å². The number of aromatic carboxylic acids is 1. The molecule has 3 aromatic rings. The molecule has 0 unspecified atom stereocenters. The van der Waals surface area contributed by atoms with Crippen LogP contribution in [0.4, 0.5) is 18.9 Å². The Hall–Kier alpha value is -2.87. The summed E-state index contributed by atoms with van der Waals surface area (Å²) in [6.07, 6.45) is -4.45. The van der Waals surface area contributed by atoms with Crippen LogP contribution in [0.5, 0.6) is 0 Å². The lowest BCUT2D eigenvalue weighted by Crippen LogP contribution is -2.16. The summed E-state index contributed by atoms with van der Waals surface area (Å²) < 4.78 is 41.8. The van der Waals surface area contributed by atoms with Gasteiger partial charge in [-0.3, -0.25) is 0 Å². The molecule has 0 bridgehead atoms. The molecule has 2 aromatic carbocycles. The van der Waals surface area contributed by atoms with Gasteiger partial charge in [0.05, 0.1) is 22.5 Å². The topological polar surface area (TPSA) is 54.6 Å². The fourth-order valence-corrected chi connectivity index (χ4v) is 3.67. The SMILES string of the molecule is CCn1c(-c2ccccc2C(F)(F)F)cs/c1=N\c1ccc(C(=O)O)cc1. The van der Waals surface area contributed by atoms with Gasteiger partial charge in [0, 0.05) is 17.5 Å². The number of carbonyl (C=O) groups is 1. The van der Waals surface area contributed by atoms with Crippen molar-refractivity contribution in [1.82, 2.24) is 4.57 Å². The van der Waals surface area contributed by atoms with E-state index >= 15 is 0 Å². The first-order chi connectivity index (χ1) is 12.8. The maximum atomic E-state index is 13.3. The van der Waals surface area contributed by atoms with Crippen molar-refractivity contribution in [3.05, 3.63) is 69.8 Å². The molecule has 1 heterocycles. The predicted octanol–water partition coefficient (Wildman–Crippen LogP) is 5.19. The highest BCUT2D eigenvalue weighted by Gasteiger charge is 2.34. The second-order valence-corrected chi connectivity index (χ2v) is 6.49. The second-order valence-electron chi connectivity index (χ2n) is 5.65. The summed E-state index contributed by atoms with van der Waals surface area (Å²) in [4.78, 5) is 15.9. The second kappa shape index (κ2) is 7.40. The number of halogens is 3. The number of aromatic nitrogens is 1. The van der Waals surface area contributed by atoms with E-state index in [2.05, 4.69) is 4.99 Å². The Morgan fingerprint density at radius 1 is 1.15 bits per heavy atom. The number of carboxylic acid groups (broad SMARTS) is 1. The molecule has 0 aliphatic carbocycles. The van der Waals surface area contributed by atoms with Crippen molar-refractivity contribution in [2.75, 3.05) is 0 Å². The third-order valence-electron chi connectivity index (χ3n) is 3.96. The molecule has 8 heteroatoms. The van der Waals surface area contributed by atoms with E-state index in [0.717, 1.165) is 6.07 Å². The van der Waals surface area contributed by atoms with E-state index in [1.807, 2.05) is 6.92 Å². The van der Waals surface area contributed by atoms with Gasteiger partial charge in [0.15, 0.2) is 4.80 Å². The van der Waals surface area contributed by atoms with Gasteiger partial charge in [-0.1, -0.05) is 18.2 Å². The van der Waals surface area contributed by atoms with Gasteiger partial charge in [-0.15, -0.1) is 11.3 Å². The van der Waals surface area contributed by atoms with Crippen LogP contribution in [0.2, 0.25) is 0 Å². The summed E-state index contributed by atoms with van der Waals surface area (Å²) in [6.45, 7) is 2.27. The first kappa shape index (κ1) is 18.9. The van der Waals surface area contributed by atoms with Gasteiger partial charge in [0.2, 0.25) is 0 Å². The van der Waals surface area contributed by atoms with Crippen LogP contribution in [0.3, 0.4) is 0 Å². The van der Waals surface area contributed by atoms with Crippen molar-refractivity contribution in [3.8, 4) is 11.3 Å². The summed E-state index contributed by atoms with van der Waals surface area (Å²) in [7, 11) is 0. The largest absolute Gasteiger partial charge is 0.478 e. The fourth-order valence-electron chi connectivity index (χ4n) is 2.68. The van der Waals surface area contributed by atoms with Crippen LogP contribution in [-0.4, -0.2) is 15.6 Å². The summed E-state index contributed by atoms with van der Waals surface area (Å²) in [5.74, 6) is -1.03. The Morgan fingerprint density at radius 2 is 1.81 bits per heavy atom. The van der Waals surface area contributed by atoms with Gasteiger partial charge in [0.1, 0.15) is 0 Å². The van der Waals surface area contributed by atoms with E-state index < -0.39 is 17.7 Å². The van der Waals surface area contributed by atoms with Gasteiger partial charge in [-0.2, -0.15) is 13.2 Å². The highest BCUT2D eigenvalue weighted by atomic mass is 32.1. The molecular formula is C19H15F3N2O2S. The molecule has 0 saturated heterocycles. The molecule has 140 valence electrons. The smallest absolute Gasteiger partial charge is 0.417 e. The molecule has 1 N–H and O–H groups in total. The Morgan fingerprint density at radius 3 is 2.41 bits per heavy atom. The van der Waals surface area contributed by atoms with Crippen molar-refractivity contribution >= 4 is 23.0 Å². The zero-order chi connectivity index (χ0) is 19.6. The van der Waals surface area contributed by atoms with E-state index in [9.17, 15) is 18.0 Å². The third kappa shape index (κ3) is 3.95. The number of nitrogens with zero attached hydrogens (tertiary/aromatic N) is 2. The molecule has 0 saturated carbocycles. The lowest BCUT2D eigenvalue weighted by atomic mass is 10.0. The molecule has 0 amide bonds. The normalized spacial score (nSPS) is 12.4. The van der Waals surface area contributed by atoms with Crippen LogP contribution in [0, 0.1) is 0 Å². The van der Waals surface area contributed by atoms with E-state index in [1.165, 1.54) is 35.6 Å². The number of carboxylic acids is 1. The third-order valence-corrected chi connectivity index (χ3v) is 4.82. The zero-order valence-electron chi connectivity index (χ0n) is 14.2. The van der Waals surface area contributed by atoms with Crippen LogP contribution >= 0.6 is 11.3 Å². The highest BCUT2D eigenvalue weighted by molar-refractivity contribution is 7.07. The minimum absolute atomic E-state index is 0.103. The van der Waals surface area contributed by atoms with Crippen molar-refractivity contribution in [1.29, 1.82) is 0 Å². The maximum Gasteiger partial charge on any atom is 0.417 e. The highest BCUT2D eigenvalue weighted by Crippen LogP contribution is 2.37.